The monoisotopic (exact) mass is 346 g/mol. The SMILES string of the molecule is Cc1ccc(S(=O)(=O)OCCCCCCCc2ccccc2)cc1. The lowest BCUT2D eigenvalue weighted by molar-refractivity contribution is 0.306. The van der Waals surface area contributed by atoms with E-state index >= 15 is 0 Å². The van der Waals surface area contributed by atoms with Crippen LogP contribution < -0.4 is 0 Å². The highest BCUT2D eigenvalue weighted by atomic mass is 32.2. The molecule has 0 aromatic heterocycles. The first kappa shape index (κ1) is 18.7. The van der Waals surface area contributed by atoms with Gasteiger partial charge in [-0.3, -0.25) is 4.18 Å². The van der Waals surface area contributed by atoms with Crippen molar-refractivity contribution in [3.05, 3.63) is 65.7 Å². The van der Waals surface area contributed by atoms with Gasteiger partial charge in [0.1, 0.15) is 0 Å². The number of rotatable bonds is 10. The van der Waals surface area contributed by atoms with Crippen LogP contribution in [0, 0.1) is 6.92 Å². The average molecular weight is 346 g/mol. The van der Waals surface area contributed by atoms with Crippen molar-refractivity contribution in [3.63, 3.8) is 0 Å². The zero-order valence-corrected chi connectivity index (χ0v) is 15.1. The fourth-order valence-electron chi connectivity index (χ4n) is 2.55. The predicted octanol–water partition coefficient (Wildman–Crippen LogP) is 4.89. The van der Waals surface area contributed by atoms with Crippen molar-refractivity contribution in [2.75, 3.05) is 6.61 Å². The van der Waals surface area contributed by atoms with E-state index in [-0.39, 0.29) is 11.5 Å². The van der Waals surface area contributed by atoms with Gasteiger partial charge in [0.15, 0.2) is 0 Å². The Bertz CT molecular complexity index is 691. The van der Waals surface area contributed by atoms with Crippen LogP contribution in [0.1, 0.15) is 43.2 Å². The van der Waals surface area contributed by atoms with Crippen LogP contribution in [0.5, 0.6) is 0 Å². The second-order valence-electron chi connectivity index (χ2n) is 6.09. The third kappa shape index (κ3) is 6.46. The summed E-state index contributed by atoms with van der Waals surface area (Å²) in [5.41, 5.74) is 2.41. The van der Waals surface area contributed by atoms with Gasteiger partial charge < -0.3 is 0 Å². The maximum absolute atomic E-state index is 12.0. The summed E-state index contributed by atoms with van der Waals surface area (Å²) in [7, 11) is -3.61. The Hall–Kier alpha value is -1.65. The van der Waals surface area contributed by atoms with Crippen molar-refractivity contribution in [2.45, 2.75) is 50.3 Å². The molecule has 0 saturated carbocycles. The van der Waals surface area contributed by atoms with Gasteiger partial charge in [0.25, 0.3) is 10.1 Å². The van der Waals surface area contributed by atoms with Crippen LogP contribution in [0.4, 0.5) is 0 Å². The highest BCUT2D eigenvalue weighted by Crippen LogP contribution is 2.14. The molecule has 0 aliphatic carbocycles. The molecular weight excluding hydrogens is 320 g/mol. The number of hydrogen-bond acceptors (Lipinski definition) is 3. The lowest BCUT2D eigenvalue weighted by Crippen LogP contribution is -2.07. The maximum Gasteiger partial charge on any atom is 0.296 e. The number of aryl methyl sites for hydroxylation is 2. The van der Waals surface area contributed by atoms with E-state index in [9.17, 15) is 8.42 Å². The van der Waals surface area contributed by atoms with Crippen molar-refractivity contribution >= 4 is 10.1 Å². The van der Waals surface area contributed by atoms with E-state index in [1.807, 2.05) is 13.0 Å². The number of benzene rings is 2. The van der Waals surface area contributed by atoms with Gasteiger partial charge >= 0.3 is 0 Å². The molecule has 0 N–H and O–H groups in total. The highest BCUT2D eigenvalue weighted by Gasteiger charge is 2.14. The van der Waals surface area contributed by atoms with Crippen molar-refractivity contribution in [1.82, 2.24) is 0 Å². The van der Waals surface area contributed by atoms with E-state index in [4.69, 9.17) is 4.18 Å². The molecule has 3 nitrogen and oxygen atoms in total. The molecule has 0 aliphatic heterocycles. The van der Waals surface area contributed by atoms with E-state index in [0.717, 1.165) is 31.2 Å². The summed E-state index contributed by atoms with van der Waals surface area (Å²) in [6.07, 6.45) is 6.33. The minimum absolute atomic E-state index is 0.232. The molecule has 24 heavy (non-hydrogen) atoms. The van der Waals surface area contributed by atoms with Gasteiger partial charge in [0.05, 0.1) is 11.5 Å². The molecule has 0 spiro atoms. The number of unbranched alkanes of at least 4 members (excludes halogenated alkanes) is 4. The Labute approximate surface area is 145 Å². The Morgan fingerprint density at radius 1 is 0.792 bits per heavy atom. The van der Waals surface area contributed by atoms with E-state index in [0.29, 0.717) is 0 Å². The van der Waals surface area contributed by atoms with Crippen LogP contribution >= 0.6 is 0 Å². The second-order valence-corrected chi connectivity index (χ2v) is 7.71. The summed E-state index contributed by atoms with van der Waals surface area (Å²) < 4.78 is 29.1. The van der Waals surface area contributed by atoms with Gasteiger partial charge in [-0.1, -0.05) is 67.3 Å². The molecule has 2 rings (SSSR count). The Morgan fingerprint density at radius 2 is 1.42 bits per heavy atom. The summed E-state index contributed by atoms with van der Waals surface area (Å²) in [5.74, 6) is 0. The Kier molecular flexibility index (Phi) is 7.47. The average Bonchev–Trinajstić information content (AvgIpc) is 2.58. The highest BCUT2D eigenvalue weighted by molar-refractivity contribution is 7.86. The van der Waals surface area contributed by atoms with Crippen LogP contribution in [0.2, 0.25) is 0 Å². The molecule has 0 radical (unpaired) electrons. The third-order valence-corrected chi connectivity index (χ3v) is 5.33. The van der Waals surface area contributed by atoms with Gasteiger partial charge in [0, 0.05) is 0 Å². The smallest absolute Gasteiger partial charge is 0.266 e. The van der Waals surface area contributed by atoms with Gasteiger partial charge in [-0.25, -0.2) is 0 Å². The minimum atomic E-state index is -3.61. The summed E-state index contributed by atoms with van der Waals surface area (Å²) in [4.78, 5) is 0.232. The number of hydrogen-bond donors (Lipinski definition) is 0. The zero-order chi connectivity index (χ0) is 17.3. The Balaban J connectivity index is 1.57. The molecule has 0 saturated heterocycles. The van der Waals surface area contributed by atoms with Crippen molar-refractivity contribution < 1.29 is 12.6 Å². The molecule has 2 aromatic carbocycles. The van der Waals surface area contributed by atoms with Gasteiger partial charge in [-0.05, 0) is 43.9 Å². The molecule has 2 aromatic rings. The largest absolute Gasteiger partial charge is 0.296 e. The van der Waals surface area contributed by atoms with Crippen LogP contribution in [-0.4, -0.2) is 15.0 Å². The van der Waals surface area contributed by atoms with E-state index < -0.39 is 10.1 Å². The zero-order valence-electron chi connectivity index (χ0n) is 14.3. The first-order valence-corrected chi connectivity index (χ1v) is 9.99. The quantitative estimate of drug-likeness (QED) is 0.454. The van der Waals surface area contributed by atoms with Crippen molar-refractivity contribution in [2.24, 2.45) is 0 Å². The fraction of sp³-hybridized carbons (Fsp3) is 0.400. The molecule has 130 valence electrons. The van der Waals surface area contributed by atoms with Crippen LogP contribution in [0.3, 0.4) is 0 Å². The normalized spacial score (nSPS) is 11.5. The molecule has 0 atom stereocenters. The van der Waals surface area contributed by atoms with Crippen LogP contribution in [0.15, 0.2) is 59.5 Å². The van der Waals surface area contributed by atoms with Gasteiger partial charge in [-0.15, -0.1) is 0 Å². The third-order valence-electron chi connectivity index (χ3n) is 4.00. The molecule has 0 aliphatic rings. The summed E-state index contributed by atoms with van der Waals surface area (Å²) >= 11 is 0. The molecule has 0 heterocycles. The van der Waals surface area contributed by atoms with Gasteiger partial charge in [0.2, 0.25) is 0 Å². The second kappa shape index (κ2) is 9.60. The predicted molar refractivity (Wildman–Crippen MR) is 97.5 cm³/mol. The van der Waals surface area contributed by atoms with E-state index in [1.165, 1.54) is 18.4 Å². The molecule has 0 bridgehead atoms. The van der Waals surface area contributed by atoms with E-state index in [1.54, 1.807) is 24.3 Å². The molecule has 0 fully saturated rings. The Morgan fingerprint density at radius 3 is 2.12 bits per heavy atom. The summed E-state index contributed by atoms with van der Waals surface area (Å²) in [5, 5.41) is 0. The van der Waals surface area contributed by atoms with Crippen LogP contribution in [-0.2, 0) is 20.7 Å². The molecule has 0 unspecified atom stereocenters. The fourth-order valence-corrected chi connectivity index (χ4v) is 3.49. The summed E-state index contributed by atoms with van der Waals surface area (Å²) in [6, 6.07) is 17.2. The topological polar surface area (TPSA) is 43.4 Å². The van der Waals surface area contributed by atoms with Crippen LogP contribution in [0.25, 0.3) is 0 Å². The lowest BCUT2D eigenvalue weighted by Gasteiger charge is -2.06. The lowest BCUT2D eigenvalue weighted by atomic mass is 10.1. The molecule has 4 heteroatoms. The first-order chi connectivity index (χ1) is 11.6. The standard InChI is InChI=1S/C20H26O3S/c1-18-13-15-20(16-14-18)24(21,22)23-17-9-4-2-3-6-10-19-11-7-5-8-12-19/h5,7-8,11-16H,2-4,6,9-10,17H2,1H3. The summed E-state index contributed by atoms with van der Waals surface area (Å²) in [6.45, 7) is 2.18. The van der Waals surface area contributed by atoms with Crippen molar-refractivity contribution in [1.29, 1.82) is 0 Å². The van der Waals surface area contributed by atoms with Crippen molar-refractivity contribution in [3.8, 4) is 0 Å². The van der Waals surface area contributed by atoms with E-state index in [2.05, 4.69) is 24.3 Å². The maximum atomic E-state index is 12.0. The van der Waals surface area contributed by atoms with Gasteiger partial charge in [-0.2, -0.15) is 8.42 Å². The molecule has 0 amide bonds. The first-order valence-electron chi connectivity index (χ1n) is 8.58. The minimum Gasteiger partial charge on any atom is -0.266 e. The molecular formula is C20H26O3S.